The fourth-order valence-electron chi connectivity index (χ4n) is 0.534. The van der Waals surface area contributed by atoms with Crippen LogP contribution in [0.3, 0.4) is 0 Å². The molecule has 0 atom stereocenters. The molecule has 1 rings (SSSR count). The van der Waals surface area contributed by atoms with Gasteiger partial charge in [0.2, 0.25) is 0 Å². The van der Waals surface area contributed by atoms with E-state index in [9.17, 15) is 0 Å². The number of rotatable bonds is 0. The molecule has 0 heterocycles. The Bertz CT molecular complexity index is 156. The van der Waals surface area contributed by atoms with Gasteiger partial charge in [-0.1, -0.05) is 70.0 Å². The highest BCUT2D eigenvalue weighted by atomic mass is 14.7. The quantitative estimate of drug-likeness (QED) is 0.675. The van der Waals surface area contributed by atoms with Gasteiger partial charge in [-0.3, -0.25) is 0 Å². The van der Waals surface area contributed by atoms with Gasteiger partial charge >= 0.3 is 0 Å². The molecule has 0 amide bonds. The molecule has 0 aromatic heterocycles. The Hall–Kier alpha value is -0.820. The molecular weight excluding hydrogens is 182 g/mol. The third kappa shape index (κ3) is 32.0. The molecule has 0 unspecified atom stereocenters. The van der Waals surface area contributed by atoms with Crippen LogP contribution in [0.15, 0.2) is 30.3 Å². The van der Waals surface area contributed by atoms with E-state index in [0.29, 0.717) is 0 Å². The summed E-state index contributed by atoms with van der Waals surface area (Å²) in [5, 5.41) is 2.75. The third-order valence-corrected chi connectivity index (χ3v) is 0.940. The molecule has 1 aromatic rings. The Labute approximate surface area is 96.9 Å². The van der Waals surface area contributed by atoms with Gasteiger partial charge in [0, 0.05) is 0 Å². The summed E-state index contributed by atoms with van der Waals surface area (Å²) in [5.41, 5.74) is 1.32. The van der Waals surface area contributed by atoms with E-state index in [1.54, 1.807) is 0 Å². The van der Waals surface area contributed by atoms with Crippen LogP contribution in [0.25, 0.3) is 0 Å². The normalized spacial score (nSPS) is 6.87. The fraction of sp³-hybridized carbons (Fsp3) is 0.571. The van der Waals surface area contributed by atoms with Gasteiger partial charge in [0.1, 0.15) is 0 Å². The summed E-state index contributed by atoms with van der Waals surface area (Å²) in [5.74, 6) is 0. The zero-order valence-corrected chi connectivity index (χ0v) is 11.6. The third-order valence-electron chi connectivity index (χ3n) is 0.940. The minimum Gasteiger partial charge on any atom is -0.323 e. The second-order valence-electron chi connectivity index (χ2n) is 2.86. The first-order chi connectivity index (χ1) is 7.22. The largest absolute Gasteiger partial charge is 0.323 e. The topological polar surface area (TPSA) is 12.0 Å². The van der Waals surface area contributed by atoms with Crippen LogP contribution in [0.2, 0.25) is 0 Å². The van der Waals surface area contributed by atoms with Gasteiger partial charge in [-0.15, -0.1) is 0 Å². The van der Waals surface area contributed by atoms with Crippen LogP contribution in [-0.2, 0) is 0 Å². The van der Waals surface area contributed by atoms with Crippen molar-refractivity contribution in [2.45, 2.75) is 41.0 Å². The molecule has 1 nitrogen and oxygen atoms in total. The monoisotopic (exact) mass is 211 g/mol. The molecule has 0 aliphatic carbocycles. The molecular formula is C14H29N. The van der Waals surface area contributed by atoms with Crippen LogP contribution >= 0.6 is 0 Å². The fourth-order valence-corrected chi connectivity index (χ4v) is 0.534. The van der Waals surface area contributed by atoms with Gasteiger partial charge in [0.05, 0.1) is 0 Å². The highest BCUT2D eigenvalue weighted by molar-refractivity contribution is 5.11. The minimum atomic E-state index is 1.25. The predicted octanol–water partition coefficient (Wildman–Crippen LogP) is 4.27. The van der Waals surface area contributed by atoms with E-state index >= 15 is 0 Å². The molecule has 1 N–H and O–H groups in total. The molecule has 0 saturated carbocycles. The molecule has 90 valence electrons. The van der Waals surface area contributed by atoms with E-state index in [-0.39, 0.29) is 0 Å². The number of hydrogen-bond donors (Lipinski definition) is 1. The first-order valence-corrected chi connectivity index (χ1v) is 5.82. The first kappa shape index (κ1) is 19.7. The average Bonchev–Trinajstić information content (AvgIpc) is 2.24. The van der Waals surface area contributed by atoms with Crippen LogP contribution < -0.4 is 5.32 Å². The van der Waals surface area contributed by atoms with Crippen molar-refractivity contribution in [2.75, 3.05) is 14.1 Å². The van der Waals surface area contributed by atoms with Crippen molar-refractivity contribution in [3.05, 3.63) is 35.9 Å². The second kappa shape index (κ2) is 23.2. The summed E-state index contributed by atoms with van der Waals surface area (Å²) < 4.78 is 0. The van der Waals surface area contributed by atoms with Crippen LogP contribution in [0.5, 0.6) is 0 Å². The van der Waals surface area contributed by atoms with E-state index in [0.717, 1.165) is 0 Å². The van der Waals surface area contributed by atoms with Crippen molar-refractivity contribution < 1.29 is 0 Å². The molecule has 15 heavy (non-hydrogen) atoms. The Kier molecular flexibility index (Phi) is 30.5. The van der Waals surface area contributed by atoms with Crippen molar-refractivity contribution >= 4 is 0 Å². The highest BCUT2D eigenvalue weighted by Gasteiger charge is 1.72. The van der Waals surface area contributed by atoms with Crippen molar-refractivity contribution in [2.24, 2.45) is 0 Å². The van der Waals surface area contributed by atoms with Gasteiger partial charge in [-0.2, -0.15) is 0 Å². The Morgan fingerprint density at radius 2 is 1.20 bits per heavy atom. The molecule has 0 fully saturated rings. The average molecular weight is 211 g/mol. The van der Waals surface area contributed by atoms with Crippen molar-refractivity contribution in [1.29, 1.82) is 0 Å². The Balaban J connectivity index is -0.000000154. The summed E-state index contributed by atoms with van der Waals surface area (Å²) in [6.07, 6.45) is 1.25. The molecule has 0 bridgehead atoms. The number of hydrogen-bond acceptors (Lipinski definition) is 1. The molecule has 1 aromatic carbocycles. The molecule has 0 spiro atoms. The highest BCUT2D eigenvalue weighted by Crippen LogP contribution is 1.92. The molecule has 0 aliphatic heterocycles. The molecule has 0 radical (unpaired) electrons. The lowest BCUT2D eigenvalue weighted by Crippen LogP contribution is -1.89. The van der Waals surface area contributed by atoms with Crippen molar-refractivity contribution in [3.63, 3.8) is 0 Å². The Morgan fingerprint density at radius 1 is 0.933 bits per heavy atom. The lowest BCUT2D eigenvalue weighted by molar-refractivity contribution is 1.02. The second-order valence-corrected chi connectivity index (χ2v) is 2.86. The SMILES string of the molecule is CC.CCC.CNC.Cc1ccccc1. The smallest absolute Gasteiger partial charge is 0.0167 e. The van der Waals surface area contributed by atoms with Crippen molar-refractivity contribution in [3.8, 4) is 0 Å². The maximum absolute atomic E-state index is 2.75. The predicted molar refractivity (Wildman–Crippen MR) is 73.5 cm³/mol. The first-order valence-electron chi connectivity index (χ1n) is 5.82. The number of nitrogens with one attached hydrogen (secondary N) is 1. The summed E-state index contributed by atoms with van der Waals surface area (Å²) in [6, 6.07) is 10.3. The van der Waals surface area contributed by atoms with E-state index in [4.69, 9.17) is 0 Å². The molecule has 0 saturated heterocycles. The van der Waals surface area contributed by atoms with E-state index in [1.807, 2.05) is 46.1 Å². The van der Waals surface area contributed by atoms with Crippen LogP contribution in [0, 0.1) is 6.92 Å². The number of benzene rings is 1. The van der Waals surface area contributed by atoms with Crippen LogP contribution in [0.1, 0.15) is 39.7 Å². The van der Waals surface area contributed by atoms with E-state index < -0.39 is 0 Å². The van der Waals surface area contributed by atoms with Crippen LogP contribution in [-0.4, -0.2) is 14.1 Å². The van der Waals surface area contributed by atoms with Gasteiger partial charge in [-0.05, 0) is 21.0 Å². The summed E-state index contributed by atoms with van der Waals surface area (Å²) >= 11 is 0. The van der Waals surface area contributed by atoms with Gasteiger partial charge in [-0.25, -0.2) is 0 Å². The standard InChI is InChI=1S/C7H8.C3H8.C2H7N.C2H6/c1-7-5-3-2-4-6-7;2*1-3-2;1-2/h2-6H,1H3;3H2,1-2H3;3H,1-2H3;1-2H3. The summed E-state index contributed by atoms with van der Waals surface area (Å²) in [7, 11) is 3.75. The maximum Gasteiger partial charge on any atom is -0.0167 e. The van der Waals surface area contributed by atoms with E-state index in [1.165, 1.54) is 12.0 Å². The van der Waals surface area contributed by atoms with E-state index in [2.05, 4.69) is 38.2 Å². The lowest BCUT2D eigenvalue weighted by atomic mass is 10.2. The van der Waals surface area contributed by atoms with Gasteiger partial charge < -0.3 is 5.32 Å². The molecule has 1 heteroatoms. The molecule has 0 aliphatic rings. The zero-order valence-electron chi connectivity index (χ0n) is 11.6. The van der Waals surface area contributed by atoms with Crippen LogP contribution in [0.4, 0.5) is 0 Å². The minimum absolute atomic E-state index is 1.25. The Morgan fingerprint density at radius 3 is 1.33 bits per heavy atom. The number of aryl methyl sites for hydroxylation is 1. The lowest BCUT2D eigenvalue weighted by Gasteiger charge is -1.82. The summed E-state index contributed by atoms with van der Waals surface area (Å²) in [6.45, 7) is 10.3. The van der Waals surface area contributed by atoms with Gasteiger partial charge in [0.25, 0.3) is 0 Å². The maximum atomic E-state index is 2.75. The van der Waals surface area contributed by atoms with Gasteiger partial charge in [0.15, 0.2) is 0 Å². The summed E-state index contributed by atoms with van der Waals surface area (Å²) in [4.78, 5) is 0. The zero-order chi connectivity index (χ0) is 12.5. The van der Waals surface area contributed by atoms with Crippen molar-refractivity contribution in [1.82, 2.24) is 5.32 Å².